The maximum absolute atomic E-state index is 14.1. The minimum atomic E-state index is -0.212. The molecule has 0 radical (unpaired) electrons. The molecule has 0 aliphatic rings. The van der Waals surface area contributed by atoms with E-state index in [1.165, 1.54) is 5.39 Å². The number of halogens is 1. The Balaban J connectivity index is 2.01. The normalized spacial score (nSPS) is 11.7. The largest absolute Gasteiger partial charge is 0.206 e. The van der Waals surface area contributed by atoms with Gasteiger partial charge < -0.3 is 0 Å². The quantitative estimate of drug-likeness (QED) is 0.539. The number of rotatable bonds is 2. The van der Waals surface area contributed by atoms with Gasteiger partial charge in [-0.05, 0) is 28.5 Å². The van der Waals surface area contributed by atoms with Crippen molar-refractivity contribution in [2.24, 2.45) is 0 Å². The molecule has 0 unspecified atom stereocenters. The summed E-state index contributed by atoms with van der Waals surface area (Å²) in [5.41, 5.74) is 1.48. The van der Waals surface area contributed by atoms with Gasteiger partial charge in [0.05, 0.1) is 0 Å². The second-order valence-electron chi connectivity index (χ2n) is 4.46. The third-order valence-corrected chi connectivity index (χ3v) is 3.12. The van der Waals surface area contributed by atoms with E-state index < -0.39 is 0 Å². The van der Waals surface area contributed by atoms with Gasteiger partial charge in [0, 0.05) is 5.56 Å². The van der Waals surface area contributed by atoms with Gasteiger partial charge in [-0.2, -0.15) is 0 Å². The van der Waals surface area contributed by atoms with E-state index in [1.54, 1.807) is 18.2 Å². The maximum atomic E-state index is 14.1. The summed E-state index contributed by atoms with van der Waals surface area (Å²) in [6.45, 7) is 0. The van der Waals surface area contributed by atoms with Crippen LogP contribution in [0.4, 0.5) is 4.39 Å². The van der Waals surface area contributed by atoms with Crippen LogP contribution in [0.1, 0.15) is 11.1 Å². The van der Waals surface area contributed by atoms with Crippen LogP contribution in [-0.4, -0.2) is 0 Å². The molecule has 0 atom stereocenters. The standard InChI is InChI=1S/C18H13F/c19-18(16-7-2-1-3-8-16)13-14-10-11-15-6-4-5-9-17(15)12-14/h1-13H. The van der Waals surface area contributed by atoms with Crippen LogP contribution in [0.25, 0.3) is 22.7 Å². The van der Waals surface area contributed by atoms with Gasteiger partial charge in [-0.1, -0.05) is 66.7 Å². The van der Waals surface area contributed by atoms with Gasteiger partial charge in [-0.3, -0.25) is 0 Å². The van der Waals surface area contributed by atoms with Gasteiger partial charge in [0.1, 0.15) is 5.83 Å². The average molecular weight is 248 g/mol. The van der Waals surface area contributed by atoms with Crippen molar-refractivity contribution in [2.75, 3.05) is 0 Å². The van der Waals surface area contributed by atoms with Crippen molar-refractivity contribution < 1.29 is 4.39 Å². The fourth-order valence-electron chi connectivity index (χ4n) is 2.12. The van der Waals surface area contributed by atoms with Crippen molar-refractivity contribution in [1.82, 2.24) is 0 Å². The molecule has 0 N–H and O–H groups in total. The number of hydrogen-bond acceptors (Lipinski definition) is 0. The van der Waals surface area contributed by atoms with E-state index in [9.17, 15) is 4.39 Å². The minimum Gasteiger partial charge on any atom is -0.206 e. The summed E-state index contributed by atoms with van der Waals surface area (Å²) in [6, 6.07) is 23.1. The van der Waals surface area contributed by atoms with Crippen LogP contribution in [0.3, 0.4) is 0 Å². The molecule has 3 rings (SSSR count). The molecule has 0 heterocycles. The first kappa shape index (κ1) is 11.7. The zero-order valence-corrected chi connectivity index (χ0v) is 10.4. The van der Waals surface area contributed by atoms with Crippen molar-refractivity contribution in [3.63, 3.8) is 0 Å². The van der Waals surface area contributed by atoms with Crippen LogP contribution < -0.4 is 0 Å². The summed E-state index contributed by atoms with van der Waals surface area (Å²) >= 11 is 0. The second-order valence-corrected chi connectivity index (χ2v) is 4.46. The number of benzene rings is 3. The van der Waals surface area contributed by atoms with E-state index in [4.69, 9.17) is 0 Å². The van der Waals surface area contributed by atoms with Gasteiger partial charge in [0.25, 0.3) is 0 Å². The number of hydrogen-bond donors (Lipinski definition) is 0. The summed E-state index contributed by atoms with van der Waals surface area (Å²) in [6.07, 6.45) is 1.57. The lowest BCUT2D eigenvalue weighted by molar-refractivity contribution is 0.765. The van der Waals surface area contributed by atoms with E-state index in [0.717, 1.165) is 10.9 Å². The van der Waals surface area contributed by atoms with Crippen LogP contribution in [0.15, 0.2) is 72.8 Å². The Bertz CT molecular complexity index is 727. The molecule has 1 heteroatoms. The van der Waals surface area contributed by atoms with E-state index in [1.807, 2.05) is 54.6 Å². The zero-order valence-electron chi connectivity index (χ0n) is 10.4. The molecule has 0 aliphatic carbocycles. The monoisotopic (exact) mass is 248 g/mol. The molecule has 3 aromatic rings. The maximum Gasteiger partial charge on any atom is 0.131 e. The highest BCUT2D eigenvalue weighted by Gasteiger charge is 2.00. The van der Waals surface area contributed by atoms with Crippen molar-refractivity contribution in [3.8, 4) is 0 Å². The average Bonchev–Trinajstić information content (AvgIpc) is 2.48. The molecular formula is C18H13F. The third kappa shape index (κ3) is 2.55. The topological polar surface area (TPSA) is 0 Å². The summed E-state index contributed by atoms with van der Waals surface area (Å²) in [5, 5.41) is 2.29. The Morgan fingerprint density at radius 2 is 1.42 bits per heavy atom. The van der Waals surface area contributed by atoms with Crippen molar-refractivity contribution >= 4 is 22.7 Å². The molecule has 3 aromatic carbocycles. The molecule has 0 saturated heterocycles. The number of fused-ring (bicyclic) bond motifs is 1. The Morgan fingerprint density at radius 3 is 2.21 bits per heavy atom. The molecule has 0 aliphatic heterocycles. The Kier molecular flexibility index (Phi) is 3.11. The molecule has 0 saturated carbocycles. The predicted octanol–water partition coefficient (Wildman–Crippen LogP) is 5.31. The third-order valence-electron chi connectivity index (χ3n) is 3.12. The molecular weight excluding hydrogens is 235 g/mol. The van der Waals surface area contributed by atoms with Gasteiger partial charge in [-0.15, -0.1) is 0 Å². The molecule has 0 spiro atoms. The van der Waals surface area contributed by atoms with Crippen LogP contribution in [0.2, 0.25) is 0 Å². The Labute approximate surface area is 111 Å². The lowest BCUT2D eigenvalue weighted by Gasteiger charge is -2.01. The summed E-state index contributed by atoms with van der Waals surface area (Å²) in [4.78, 5) is 0. The van der Waals surface area contributed by atoms with E-state index >= 15 is 0 Å². The minimum absolute atomic E-state index is 0.212. The first-order chi connectivity index (χ1) is 9.33. The SMILES string of the molecule is FC(=Cc1ccc2ccccc2c1)c1ccccc1. The van der Waals surface area contributed by atoms with E-state index in [-0.39, 0.29) is 5.83 Å². The van der Waals surface area contributed by atoms with Gasteiger partial charge in [-0.25, -0.2) is 4.39 Å². The molecule has 0 nitrogen and oxygen atoms in total. The Hall–Kier alpha value is -2.41. The summed E-state index contributed by atoms with van der Waals surface area (Å²) in [5.74, 6) is -0.212. The molecule has 0 amide bonds. The lowest BCUT2D eigenvalue weighted by atomic mass is 10.1. The van der Waals surface area contributed by atoms with Crippen LogP contribution >= 0.6 is 0 Å². The highest BCUT2D eigenvalue weighted by molar-refractivity contribution is 5.87. The second kappa shape index (κ2) is 5.07. The van der Waals surface area contributed by atoms with Gasteiger partial charge in [0.15, 0.2) is 0 Å². The van der Waals surface area contributed by atoms with Gasteiger partial charge in [0.2, 0.25) is 0 Å². The first-order valence-corrected chi connectivity index (χ1v) is 6.24. The van der Waals surface area contributed by atoms with Crippen molar-refractivity contribution in [2.45, 2.75) is 0 Å². The molecule has 0 bridgehead atoms. The lowest BCUT2D eigenvalue weighted by Crippen LogP contribution is -1.79. The molecule has 0 fully saturated rings. The molecule has 19 heavy (non-hydrogen) atoms. The van der Waals surface area contributed by atoms with E-state index in [0.29, 0.717) is 5.56 Å². The molecule has 92 valence electrons. The summed E-state index contributed by atoms with van der Waals surface area (Å²) in [7, 11) is 0. The first-order valence-electron chi connectivity index (χ1n) is 6.24. The zero-order chi connectivity index (χ0) is 13.1. The fraction of sp³-hybridized carbons (Fsp3) is 0. The fourth-order valence-corrected chi connectivity index (χ4v) is 2.12. The van der Waals surface area contributed by atoms with Gasteiger partial charge >= 0.3 is 0 Å². The van der Waals surface area contributed by atoms with Crippen LogP contribution in [-0.2, 0) is 0 Å². The van der Waals surface area contributed by atoms with Crippen molar-refractivity contribution in [1.29, 1.82) is 0 Å². The Morgan fingerprint density at radius 1 is 0.737 bits per heavy atom. The highest BCUT2D eigenvalue weighted by atomic mass is 19.1. The van der Waals surface area contributed by atoms with E-state index in [2.05, 4.69) is 6.07 Å². The smallest absolute Gasteiger partial charge is 0.131 e. The summed E-state index contributed by atoms with van der Waals surface area (Å²) < 4.78 is 14.1. The molecule has 0 aromatic heterocycles. The highest BCUT2D eigenvalue weighted by Crippen LogP contribution is 2.22. The van der Waals surface area contributed by atoms with Crippen LogP contribution in [0, 0.1) is 0 Å². The van der Waals surface area contributed by atoms with Crippen LogP contribution in [0.5, 0.6) is 0 Å². The van der Waals surface area contributed by atoms with Crippen molar-refractivity contribution in [3.05, 3.63) is 83.9 Å². The predicted molar refractivity (Wildman–Crippen MR) is 79.4 cm³/mol.